The fourth-order valence-electron chi connectivity index (χ4n) is 2.55. The van der Waals surface area contributed by atoms with Gasteiger partial charge in [0.1, 0.15) is 12.4 Å². The third kappa shape index (κ3) is 5.52. The summed E-state index contributed by atoms with van der Waals surface area (Å²) in [6.45, 7) is 0.322. The Balaban J connectivity index is 1.61. The monoisotopic (exact) mass is 388 g/mol. The number of hydrogen-bond acceptors (Lipinski definition) is 5. The largest absolute Gasteiger partial charge is 0.488 e. The van der Waals surface area contributed by atoms with Crippen LogP contribution < -0.4 is 10.2 Å². The molecule has 0 aliphatic heterocycles. The molecule has 0 atom stereocenters. The van der Waals surface area contributed by atoms with Crippen molar-refractivity contribution in [3.05, 3.63) is 101 Å². The van der Waals surface area contributed by atoms with E-state index in [0.717, 1.165) is 11.1 Å². The van der Waals surface area contributed by atoms with Crippen LogP contribution in [0.2, 0.25) is 0 Å². The van der Waals surface area contributed by atoms with Gasteiger partial charge in [-0.3, -0.25) is 4.79 Å². The number of nitrogens with one attached hydrogen (secondary N) is 1. The van der Waals surface area contributed by atoms with Gasteiger partial charge in [-0.15, -0.1) is 0 Å². The second-order valence-corrected chi connectivity index (χ2v) is 6.08. The second kappa shape index (κ2) is 9.85. The van der Waals surface area contributed by atoms with E-state index in [1.54, 1.807) is 36.4 Å². The van der Waals surface area contributed by atoms with Gasteiger partial charge in [0, 0.05) is 11.1 Å². The smallest absolute Gasteiger partial charge is 0.337 e. The summed E-state index contributed by atoms with van der Waals surface area (Å²) in [6, 6.07) is 23.2. The minimum Gasteiger partial charge on any atom is -0.488 e. The summed E-state index contributed by atoms with van der Waals surface area (Å²) in [5.74, 6) is -0.0372. The number of methoxy groups -OCH3 is 1. The van der Waals surface area contributed by atoms with Gasteiger partial charge in [-0.1, -0.05) is 42.5 Å². The van der Waals surface area contributed by atoms with Crippen molar-refractivity contribution in [2.45, 2.75) is 6.61 Å². The fraction of sp³-hybridized carbons (Fsp3) is 0.0870. The van der Waals surface area contributed by atoms with Crippen molar-refractivity contribution in [1.82, 2.24) is 5.43 Å². The average Bonchev–Trinajstić information content (AvgIpc) is 2.78. The molecule has 1 N–H and O–H groups in total. The van der Waals surface area contributed by atoms with E-state index in [0.29, 0.717) is 23.5 Å². The zero-order valence-corrected chi connectivity index (χ0v) is 15.9. The van der Waals surface area contributed by atoms with Gasteiger partial charge in [0.05, 0.1) is 18.9 Å². The number of ether oxygens (including phenoxy) is 2. The molecule has 0 aliphatic carbocycles. The van der Waals surface area contributed by atoms with Crippen molar-refractivity contribution in [2.24, 2.45) is 5.10 Å². The van der Waals surface area contributed by atoms with Crippen molar-refractivity contribution in [2.75, 3.05) is 7.11 Å². The summed E-state index contributed by atoms with van der Waals surface area (Å²) in [7, 11) is 1.35. The van der Waals surface area contributed by atoms with E-state index in [-0.39, 0.29) is 11.9 Å². The first-order chi connectivity index (χ1) is 14.2. The van der Waals surface area contributed by atoms with E-state index in [1.807, 2.05) is 42.5 Å². The Labute approximate surface area is 168 Å². The molecule has 0 fully saturated rings. The van der Waals surface area contributed by atoms with Crippen LogP contribution >= 0.6 is 0 Å². The first-order valence-corrected chi connectivity index (χ1v) is 8.95. The van der Waals surface area contributed by atoms with Gasteiger partial charge in [-0.25, -0.2) is 10.2 Å². The first-order valence-electron chi connectivity index (χ1n) is 8.95. The lowest BCUT2D eigenvalue weighted by atomic mass is 10.1. The zero-order valence-electron chi connectivity index (χ0n) is 15.9. The molecule has 29 heavy (non-hydrogen) atoms. The van der Waals surface area contributed by atoms with Gasteiger partial charge in [0.15, 0.2) is 0 Å². The Morgan fingerprint density at radius 3 is 2.31 bits per heavy atom. The normalized spacial score (nSPS) is 10.5. The molecule has 146 valence electrons. The number of para-hydroxylation sites is 1. The maximum atomic E-state index is 12.0. The Morgan fingerprint density at radius 1 is 0.897 bits per heavy atom. The van der Waals surface area contributed by atoms with Crippen LogP contribution in [-0.2, 0) is 11.3 Å². The van der Waals surface area contributed by atoms with Crippen LogP contribution in [-0.4, -0.2) is 25.2 Å². The van der Waals surface area contributed by atoms with Gasteiger partial charge in [0.2, 0.25) is 0 Å². The van der Waals surface area contributed by atoms with E-state index in [1.165, 1.54) is 13.3 Å². The quantitative estimate of drug-likeness (QED) is 0.379. The van der Waals surface area contributed by atoms with Gasteiger partial charge in [-0.05, 0) is 42.0 Å². The minimum absolute atomic E-state index is 0.286. The molecule has 0 spiro atoms. The van der Waals surface area contributed by atoms with Crippen LogP contribution in [0, 0.1) is 0 Å². The molecule has 6 heteroatoms. The highest BCUT2D eigenvalue weighted by atomic mass is 16.5. The molecule has 0 bridgehead atoms. The average molecular weight is 388 g/mol. The van der Waals surface area contributed by atoms with Crippen molar-refractivity contribution in [3.8, 4) is 5.75 Å². The number of carbonyl (C=O) groups is 2. The lowest BCUT2D eigenvalue weighted by Gasteiger charge is -2.09. The van der Waals surface area contributed by atoms with E-state index in [2.05, 4.69) is 15.3 Å². The Hall–Kier alpha value is -3.93. The third-order valence-electron chi connectivity index (χ3n) is 4.09. The number of hydrogen-bond donors (Lipinski definition) is 1. The molecule has 0 heterocycles. The molecule has 0 saturated heterocycles. The van der Waals surface area contributed by atoms with Crippen LogP contribution in [0.1, 0.15) is 31.8 Å². The molecule has 3 aromatic carbocycles. The number of hydrazone groups is 1. The van der Waals surface area contributed by atoms with Gasteiger partial charge < -0.3 is 9.47 Å². The minimum atomic E-state index is -0.378. The summed E-state index contributed by atoms with van der Waals surface area (Å²) < 4.78 is 10.6. The van der Waals surface area contributed by atoms with Crippen molar-refractivity contribution in [1.29, 1.82) is 0 Å². The molecular weight excluding hydrogens is 368 g/mol. The summed E-state index contributed by atoms with van der Waals surface area (Å²) >= 11 is 0. The number of amides is 1. The van der Waals surface area contributed by atoms with E-state index < -0.39 is 0 Å². The highest BCUT2D eigenvalue weighted by molar-refractivity contribution is 5.95. The first kappa shape index (κ1) is 19.8. The molecule has 0 aliphatic rings. The molecule has 0 aromatic heterocycles. The maximum absolute atomic E-state index is 12.0. The molecular formula is C23H20N2O4. The standard InChI is InChI=1S/C23H20N2O4/c1-28-23(27)19-13-11-17(12-14-19)16-29-21-10-6-5-9-20(21)15-24-25-22(26)18-7-3-2-4-8-18/h2-15H,16H2,1H3,(H,25,26)/b24-15-. The second-order valence-electron chi connectivity index (χ2n) is 6.08. The molecule has 0 saturated carbocycles. The van der Waals surface area contributed by atoms with Crippen molar-refractivity contribution in [3.63, 3.8) is 0 Å². The molecule has 0 unspecified atom stereocenters. The van der Waals surface area contributed by atoms with Gasteiger partial charge in [-0.2, -0.15) is 5.10 Å². The SMILES string of the molecule is COC(=O)c1ccc(COc2ccccc2/C=N\NC(=O)c2ccccc2)cc1. The van der Waals surface area contributed by atoms with Crippen LogP contribution in [0.4, 0.5) is 0 Å². The summed E-state index contributed by atoms with van der Waals surface area (Å²) in [6.07, 6.45) is 1.54. The Morgan fingerprint density at radius 2 is 1.59 bits per heavy atom. The zero-order chi connectivity index (χ0) is 20.5. The highest BCUT2D eigenvalue weighted by Gasteiger charge is 2.06. The topological polar surface area (TPSA) is 77.0 Å². The number of benzene rings is 3. The maximum Gasteiger partial charge on any atom is 0.337 e. The summed E-state index contributed by atoms with van der Waals surface area (Å²) in [5, 5.41) is 4.02. The molecule has 6 nitrogen and oxygen atoms in total. The Bertz CT molecular complexity index is 999. The van der Waals surface area contributed by atoms with Crippen molar-refractivity contribution < 1.29 is 19.1 Å². The predicted molar refractivity (Wildman–Crippen MR) is 110 cm³/mol. The molecule has 0 radical (unpaired) electrons. The summed E-state index contributed by atoms with van der Waals surface area (Å²) in [4.78, 5) is 23.5. The van der Waals surface area contributed by atoms with Crippen LogP contribution in [0.5, 0.6) is 5.75 Å². The van der Waals surface area contributed by atoms with Crippen molar-refractivity contribution >= 4 is 18.1 Å². The molecule has 3 rings (SSSR count). The van der Waals surface area contributed by atoms with Crippen LogP contribution in [0.3, 0.4) is 0 Å². The lowest BCUT2D eigenvalue weighted by molar-refractivity contribution is 0.0600. The number of rotatable bonds is 7. The molecule has 1 amide bonds. The molecule has 3 aromatic rings. The predicted octanol–water partition coefficient (Wildman–Crippen LogP) is 3.82. The number of nitrogens with zero attached hydrogens (tertiary/aromatic N) is 1. The van der Waals surface area contributed by atoms with E-state index in [4.69, 9.17) is 4.74 Å². The number of esters is 1. The summed E-state index contributed by atoms with van der Waals surface area (Å²) in [5.41, 5.74) is 5.15. The number of carbonyl (C=O) groups excluding carboxylic acids is 2. The van der Waals surface area contributed by atoms with Crippen LogP contribution in [0.15, 0.2) is 84.0 Å². The third-order valence-corrected chi connectivity index (χ3v) is 4.09. The highest BCUT2D eigenvalue weighted by Crippen LogP contribution is 2.18. The van der Waals surface area contributed by atoms with Crippen LogP contribution in [0.25, 0.3) is 0 Å². The lowest BCUT2D eigenvalue weighted by Crippen LogP contribution is -2.17. The van der Waals surface area contributed by atoms with E-state index in [9.17, 15) is 9.59 Å². The van der Waals surface area contributed by atoms with Gasteiger partial charge >= 0.3 is 5.97 Å². The van der Waals surface area contributed by atoms with Gasteiger partial charge in [0.25, 0.3) is 5.91 Å². The fourth-order valence-corrected chi connectivity index (χ4v) is 2.55. The Kier molecular flexibility index (Phi) is 6.73. The van der Waals surface area contributed by atoms with E-state index >= 15 is 0 Å².